The number of sulfone groups is 1. The maximum absolute atomic E-state index is 13.8. The second kappa shape index (κ2) is 10.8. The summed E-state index contributed by atoms with van der Waals surface area (Å²) in [5.41, 5.74) is 3.53. The van der Waals surface area contributed by atoms with Crippen LogP contribution in [0.3, 0.4) is 0 Å². The van der Waals surface area contributed by atoms with Crippen LogP contribution in [-0.2, 0) is 16.9 Å². The third-order valence-electron chi connectivity index (χ3n) is 7.15. The fraction of sp³-hybridized carbons (Fsp3) is 0.242. The summed E-state index contributed by atoms with van der Waals surface area (Å²) in [6.45, 7) is 7.27. The van der Waals surface area contributed by atoms with Crippen molar-refractivity contribution in [2.45, 2.75) is 44.4 Å². The molecule has 1 aliphatic rings. The van der Waals surface area contributed by atoms with Gasteiger partial charge in [-0.2, -0.15) is 5.10 Å². The van der Waals surface area contributed by atoms with Gasteiger partial charge >= 0.3 is 6.29 Å². The highest BCUT2D eigenvalue weighted by Crippen LogP contribution is 2.46. The molecule has 238 valence electrons. The Kier molecular flexibility index (Phi) is 7.27. The van der Waals surface area contributed by atoms with Crippen molar-refractivity contribution in [3.05, 3.63) is 78.3 Å². The van der Waals surface area contributed by atoms with Gasteiger partial charge in [0.15, 0.2) is 38.7 Å². The number of amides is 1. The maximum Gasteiger partial charge on any atom is 0.586 e. The van der Waals surface area contributed by atoms with Crippen LogP contribution in [0.5, 0.6) is 11.5 Å². The molecule has 0 bridgehead atoms. The van der Waals surface area contributed by atoms with Crippen molar-refractivity contribution < 1.29 is 35.9 Å². The predicted octanol–water partition coefficient (Wildman–Crippen LogP) is 6.64. The van der Waals surface area contributed by atoms with Crippen LogP contribution in [0.15, 0.2) is 76.0 Å². The van der Waals surface area contributed by atoms with Crippen LogP contribution in [0.4, 0.5) is 8.78 Å². The molecule has 46 heavy (non-hydrogen) atoms. The minimum Gasteiger partial charge on any atom is -0.440 e. The summed E-state index contributed by atoms with van der Waals surface area (Å²) in [7, 11) is -1.77. The second-order valence-electron chi connectivity index (χ2n) is 12.0. The molecule has 3 aromatic carbocycles. The van der Waals surface area contributed by atoms with E-state index >= 15 is 0 Å². The van der Waals surface area contributed by atoms with Crippen LogP contribution in [0, 0.1) is 6.92 Å². The lowest BCUT2D eigenvalue weighted by atomic mass is 9.94. The molecule has 0 aliphatic carbocycles. The molecule has 0 saturated carbocycles. The molecule has 2 aromatic heterocycles. The van der Waals surface area contributed by atoms with Gasteiger partial charge < -0.3 is 19.2 Å². The number of carbonyl (C=O) groups excluding carboxylic acids is 1. The number of hydrogen-bond donors (Lipinski definition) is 1. The largest absolute Gasteiger partial charge is 0.586 e. The summed E-state index contributed by atoms with van der Waals surface area (Å²) in [6, 6.07) is 18.0. The Morgan fingerprint density at radius 2 is 1.61 bits per heavy atom. The molecule has 0 radical (unpaired) electrons. The van der Waals surface area contributed by atoms with Crippen molar-refractivity contribution in [2.24, 2.45) is 7.05 Å². The molecule has 0 unspecified atom stereocenters. The quantitative estimate of drug-likeness (QED) is 0.217. The van der Waals surface area contributed by atoms with E-state index in [1.165, 1.54) is 18.2 Å². The molecule has 0 atom stereocenters. The number of benzene rings is 3. The summed E-state index contributed by atoms with van der Waals surface area (Å²) in [5, 5.41) is 7.37. The lowest BCUT2D eigenvalue weighted by molar-refractivity contribution is -0.286. The minimum atomic E-state index is -3.79. The Morgan fingerprint density at radius 1 is 0.913 bits per heavy atom. The lowest BCUT2D eigenvalue weighted by Crippen LogP contribution is -2.40. The molecule has 5 aromatic rings. The van der Waals surface area contributed by atoms with Crippen molar-refractivity contribution in [3.8, 4) is 56.5 Å². The van der Waals surface area contributed by atoms with E-state index < -0.39 is 21.7 Å². The number of nitrogens with zero attached hydrogens (tertiary/aromatic N) is 3. The lowest BCUT2D eigenvalue weighted by Gasteiger charge is -2.19. The van der Waals surface area contributed by atoms with Gasteiger partial charge in [0.25, 0.3) is 5.91 Å². The topological polar surface area (TPSA) is 126 Å². The van der Waals surface area contributed by atoms with E-state index in [-0.39, 0.29) is 28.0 Å². The average molecular weight is 649 g/mol. The zero-order chi connectivity index (χ0) is 33.2. The first kappa shape index (κ1) is 31.0. The van der Waals surface area contributed by atoms with Crippen molar-refractivity contribution in [1.29, 1.82) is 0 Å². The smallest absolute Gasteiger partial charge is 0.440 e. The Morgan fingerprint density at radius 3 is 2.33 bits per heavy atom. The van der Waals surface area contributed by atoms with Gasteiger partial charge in [0, 0.05) is 42.5 Å². The van der Waals surface area contributed by atoms with E-state index in [0.717, 1.165) is 6.26 Å². The monoisotopic (exact) mass is 648 g/mol. The van der Waals surface area contributed by atoms with Crippen LogP contribution in [0.25, 0.3) is 45.0 Å². The number of alkyl halides is 2. The average Bonchev–Trinajstić information content (AvgIpc) is 3.63. The number of aryl methyl sites for hydroxylation is 2. The van der Waals surface area contributed by atoms with Gasteiger partial charge in [-0.3, -0.25) is 9.48 Å². The first-order chi connectivity index (χ1) is 21.5. The van der Waals surface area contributed by atoms with Gasteiger partial charge in [-0.25, -0.2) is 13.4 Å². The highest BCUT2D eigenvalue weighted by Gasteiger charge is 2.43. The zero-order valence-electron chi connectivity index (χ0n) is 25.8. The molecule has 0 fully saturated rings. The molecule has 0 spiro atoms. The standard InChI is InChI=1S/C33H30F2N4O6S/c1-18-36-29(21-11-13-27-28(16-21)45-33(34,35)44-27)30(43-18)24-15-20(19-8-7-9-22(14-19)46(6,41)42)10-12-23(24)26-17-25(38-39(26)5)31(40)37-32(2,3)4/h7-17H,1-6H3,(H,37,40). The van der Waals surface area contributed by atoms with E-state index in [1.54, 1.807) is 49.0 Å². The number of hydrogen-bond acceptors (Lipinski definition) is 8. The van der Waals surface area contributed by atoms with Gasteiger partial charge in [-0.1, -0.05) is 24.3 Å². The van der Waals surface area contributed by atoms with Crippen molar-refractivity contribution in [1.82, 2.24) is 20.1 Å². The third kappa shape index (κ3) is 6.10. The van der Waals surface area contributed by atoms with E-state index in [2.05, 4.69) is 24.9 Å². The van der Waals surface area contributed by atoms with Crippen LogP contribution in [0.2, 0.25) is 0 Å². The molecular weight excluding hydrogens is 618 g/mol. The van der Waals surface area contributed by atoms with E-state index in [4.69, 9.17) is 4.42 Å². The number of rotatable bonds is 6. The van der Waals surface area contributed by atoms with Crippen molar-refractivity contribution >= 4 is 15.7 Å². The maximum atomic E-state index is 13.8. The van der Waals surface area contributed by atoms with Crippen LogP contribution in [0.1, 0.15) is 37.2 Å². The van der Waals surface area contributed by atoms with Crippen LogP contribution in [-0.4, -0.2) is 47.2 Å². The Labute approximate surface area is 263 Å². The summed E-state index contributed by atoms with van der Waals surface area (Å²) in [5.74, 6) is -0.00000598. The van der Waals surface area contributed by atoms with Gasteiger partial charge in [0.2, 0.25) is 0 Å². The van der Waals surface area contributed by atoms with Gasteiger partial charge in [-0.15, -0.1) is 8.78 Å². The highest BCUT2D eigenvalue weighted by molar-refractivity contribution is 7.90. The van der Waals surface area contributed by atoms with Crippen LogP contribution >= 0.6 is 0 Å². The Balaban J connectivity index is 1.54. The fourth-order valence-corrected chi connectivity index (χ4v) is 5.84. The van der Waals surface area contributed by atoms with E-state index in [1.807, 2.05) is 39.0 Å². The normalized spacial score (nSPS) is 14.0. The van der Waals surface area contributed by atoms with Gasteiger partial charge in [-0.05, 0) is 74.4 Å². The first-order valence-electron chi connectivity index (χ1n) is 14.2. The molecule has 3 heterocycles. The predicted molar refractivity (Wildman–Crippen MR) is 166 cm³/mol. The minimum absolute atomic E-state index is 0.111. The number of ether oxygens (including phenoxy) is 2. The summed E-state index contributed by atoms with van der Waals surface area (Å²) in [4.78, 5) is 17.7. The second-order valence-corrected chi connectivity index (χ2v) is 14.1. The molecule has 1 N–H and O–H groups in total. The molecule has 13 heteroatoms. The Hall–Kier alpha value is -5.04. The molecular formula is C33H30F2N4O6S. The van der Waals surface area contributed by atoms with Crippen molar-refractivity contribution in [2.75, 3.05) is 6.26 Å². The van der Waals surface area contributed by atoms with Gasteiger partial charge in [0.05, 0.1) is 10.6 Å². The molecule has 1 amide bonds. The number of aromatic nitrogens is 3. The summed E-state index contributed by atoms with van der Waals surface area (Å²) >= 11 is 0. The molecule has 0 saturated heterocycles. The van der Waals surface area contributed by atoms with Gasteiger partial charge in [0.1, 0.15) is 5.69 Å². The molecule has 1 aliphatic heterocycles. The highest BCUT2D eigenvalue weighted by atomic mass is 32.2. The number of fused-ring (bicyclic) bond motifs is 1. The SMILES string of the molecule is Cc1nc(-c2ccc3c(c2)OC(F)(F)O3)c(-c2cc(-c3cccc(S(C)(=O)=O)c3)ccc2-c2cc(C(=O)NC(C)(C)C)nn2C)o1. The number of nitrogens with one attached hydrogen (secondary N) is 1. The number of oxazole rings is 1. The molecule has 6 rings (SSSR count). The Bertz CT molecular complexity index is 2130. The summed E-state index contributed by atoms with van der Waals surface area (Å²) < 4.78 is 69.2. The molecule has 10 nitrogen and oxygen atoms in total. The third-order valence-corrected chi connectivity index (χ3v) is 8.26. The van der Waals surface area contributed by atoms with E-state index in [9.17, 15) is 22.0 Å². The number of carbonyl (C=O) groups is 1. The van der Waals surface area contributed by atoms with E-state index in [0.29, 0.717) is 50.9 Å². The first-order valence-corrected chi connectivity index (χ1v) is 16.1. The zero-order valence-corrected chi connectivity index (χ0v) is 26.6. The number of halogens is 2. The summed E-state index contributed by atoms with van der Waals surface area (Å²) in [6.07, 6.45) is -2.65. The fourth-order valence-electron chi connectivity index (χ4n) is 5.18. The van der Waals surface area contributed by atoms with Crippen LogP contribution < -0.4 is 14.8 Å². The van der Waals surface area contributed by atoms with Crippen molar-refractivity contribution in [3.63, 3.8) is 0 Å².